The van der Waals surface area contributed by atoms with E-state index >= 15 is 0 Å². The summed E-state index contributed by atoms with van der Waals surface area (Å²) in [6, 6.07) is 5.64. The Morgan fingerprint density at radius 2 is 1.90 bits per heavy atom. The number of anilines is 2. The number of ketones is 1. The molecule has 5 nitrogen and oxygen atoms in total. The number of piperazine rings is 1. The first-order chi connectivity index (χ1) is 9.76. The number of Topliss-reactive ketones (excluding diaryl/α,β-unsaturated/α-hetero) is 1. The highest BCUT2D eigenvalue weighted by Crippen LogP contribution is 2.23. The van der Waals surface area contributed by atoms with E-state index in [1.165, 1.54) is 6.92 Å². The van der Waals surface area contributed by atoms with Crippen LogP contribution in [0.15, 0.2) is 18.2 Å². The van der Waals surface area contributed by atoms with Crippen molar-refractivity contribution in [1.29, 1.82) is 0 Å². The van der Waals surface area contributed by atoms with Crippen molar-refractivity contribution in [3.8, 4) is 0 Å². The smallest absolute Gasteiger partial charge is 0.161 e. The molecule has 0 saturated carbocycles. The molecule has 0 aliphatic carbocycles. The Balaban J connectivity index is 2.02. The zero-order chi connectivity index (χ0) is 15.6. The van der Waals surface area contributed by atoms with Gasteiger partial charge in [0, 0.05) is 49.7 Å². The standard InChI is InChI=1S/C16H25N3O2/c1-12(20)14-10-13(4-5-15(14)17)19-8-6-18(7-9-19)11-16(2,3)21/h4-5,10,21H,6-9,11,17H2,1-3H3. The molecule has 0 radical (unpaired) electrons. The lowest BCUT2D eigenvalue weighted by atomic mass is 10.1. The average molecular weight is 291 g/mol. The number of carbonyl (C=O) groups excluding carboxylic acids is 1. The van der Waals surface area contributed by atoms with Crippen LogP contribution in [0.25, 0.3) is 0 Å². The van der Waals surface area contributed by atoms with E-state index in [4.69, 9.17) is 5.73 Å². The van der Waals surface area contributed by atoms with Crippen LogP contribution >= 0.6 is 0 Å². The molecule has 2 rings (SSSR count). The highest BCUT2D eigenvalue weighted by Gasteiger charge is 2.23. The molecule has 3 N–H and O–H groups in total. The van der Waals surface area contributed by atoms with Crippen LogP contribution in [0.4, 0.5) is 11.4 Å². The van der Waals surface area contributed by atoms with Gasteiger partial charge in [0.2, 0.25) is 0 Å². The molecule has 0 spiro atoms. The van der Waals surface area contributed by atoms with Crippen molar-refractivity contribution in [2.75, 3.05) is 43.4 Å². The fraction of sp³-hybridized carbons (Fsp3) is 0.562. The van der Waals surface area contributed by atoms with Gasteiger partial charge in [0.1, 0.15) is 0 Å². The van der Waals surface area contributed by atoms with Crippen LogP contribution in [0.3, 0.4) is 0 Å². The van der Waals surface area contributed by atoms with Crippen molar-refractivity contribution in [3.63, 3.8) is 0 Å². The summed E-state index contributed by atoms with van der Waals surface area (Å²) in [6.07, 6.45) is 0. The van der Waals surface area contributed by atoms with E-state index in [9.17, 15) is 9.90 Å². The lowest BCUT2D eigenvalue weighted by molar-refractivity contribution is 0.0345. The highest BCUT2D eigenvalue weighted by atomic mass is 16.3. The van der Waals surface area contributed by atoms with E-state index in [0.29, 0.717) is 17.8 Å². The maximum atomic E-state index is 11.6. The van der Waals surface area contributed by atoms with E-state index in [2.05, 4.69) is 9.80 Å². The number of rotatable bonds is 4. The van der Waals surface area contributed by atoms with Crippen LogP contribution in [0.5, 0.6) is 0 Å². The maximum Gasteiger partial charge on any atom is 0.161 e. The summed E-state index contributed by atoms with van der Waals surface area (Å²) < 4.78 is 0. The molecule has 1 aliphatic rings. The van der Waals surface area contributed by atoms with Gasteiger partial charge in [0.15, 0.2) is 5.78 Å². The van der Waals surface area contributed by atoms with Gasteiger partial charge < -0.3 is 15.7 Å². The van der Waals surface area contributed by atoms with Gasteiger partial charge >= 0.3 is 0 Å². The van der Waals surface area contributed by atoms with Crippen LogP contribution in [0.1, 0.15) is 31.1 Å². The van der Waals surface area contributed by atoms with Gasteiger partial charge in [-0.25, -0.2) is 0 Å². The summed E-state index contributed by atoms with van der Waals surface area (Å²) in [5.41, 5.74) is 7.34. The first-order valence-corrected chi connectivity index (χ1v) is 7.36. The quantitative estimate of drug-likeness (QED) is 0.647. The summed E-state index contributed by atoms with van der Waals surface area (Å²) >= 11 is 0. The van der Waals surface area contributed by atoms with E-state index in [1.54, 1.807) is 6.07 Å². The zero-order valence-electron chi connectivity index (χ0n) is 13.1. The second-order valence-corrected chi connectivity index (χ2v) is 6.40. The van der Waals surface area contributed by atoms with Crippen LogP contribution in [-0.4, -0.2) is 54.1 Å². The van der Waals surface area contributed by atoms with E-state index in [0.717, 1.165) is 31.9 Å². The normalized spacial score (nSPS) is 17.0. The topological polar surface area (TPSA) is 69.8 Å². The van der Waals surface area contributed by atoms with Crippen LogP contribution in [0, 0.1) is 0 Å². The molecule has 1 fully saturated rings. The van der Waals surface area contributed by atoms with Gasteiger partial charge in [0.05, 0.1) is 5.60 Å². The Morgan fingerprint density at radius 1 is 1.29 bits per heavy atom. The molecule has 1 saturated heterocycles. The zero-order valence-corrected chi connectivity index (χ0v) is 13.1. The first kappa shape index (κ1) is 15.8. The van der Waals surface area contributed by atoms with Gasteiger partial charge in [-0.15, -0.1) is 0 Å². The lowest BCUT2D eigenvalue weighted by Gasteiger charge is -2.38. The first-order valence-electron chi connectivity index (χ1n) is 7.36. The molecular weight excluding hydrogens is 266 g/mol. The molecule has 0 unspecified atom stereocenters. The number of hydrogen-bond acceptors (Lipinski definition) is 5. The van der Waals surface area contributed by atoms with Crippen molar-refractivity contribution in [2.45, 2.75) is 26.4 Å². The Morgan fingerprint density at radius 3 is 2.43 bits per heavy atom. The fourth-order valence-corrected chi connectivity index (χ4v) is 2.76. The lowest BCUT2D eigenvalue weighted by Crippen LogP contribution is -2.50. The van der Waals surface area contributed by atoms with Crippen molar-refractivity contribution in [1.82, 2.24) is 4.90 Å². The van der Waals surface area contributed by atoms with Crippen LogP contribution < -0.4 is 10.6 Å². The molecule has 0 aromatic heterocycles. The highest BCUT2D eigenvalue weighted by molar-refractivity contribution is 6.00. The van der Waals surface area contributed by atoms with Crippen molar-refractivity contribution < 1.29 is 9.90 Å². The SMILES string of the molecule is CC(=O)c1cc(N2CCN(CC(C)(C)O)CC2)ccc1N. The number of nitrogen functional groups attached to an aromatic ring is 1. The molecule has 1 heterocycles. The Kier molecular flexibility index (Phi) is 4.54. The minimum absolute atomic E-state index is 0.00461. The van der Waals surface area contributed by atoms with Crippen LogP contribution in [-0.2, 0) is 0 Å². The summed E-state index contributed by atoms with van der Waals surface area (Å²) in [7, 11) is 0. The fourth-order valence-electron chi connectivity index (χ4n) is 2.76. The Bertz CT molecular complexity index is 515. The number of carbonyl (C=O) groups is 1. The average Bonchev–Trinajstić information content (AvgIpc) is 2.38. The van der Waals surface area contributed by atoms with Gasteiger partial charge in [-0.05, 0) is 39.0 Å². The molecule has 0 amide bonds. The van der Waals surface area contributed by atoms with E-state index in [-0.39, 0.29) is 5.78 Å². The molecule has 0 atom stereocenters. The number of β-amino-alcohol motifs (C(OH)–C–C–N with tert-alkyl or cyclic N) is 1. The van der Waals surface area contributed by atoms with Gasteiger partial charge in [-0.1, -0.05) is 0 Å². The number of hydrogen-bond donors (Lipinski definition) is 2. The molecule has 0 bridgehead atoms. The third-order valence-corrected chi connectivity index (χ3v) is 3.76. The predicted molar refractivity (Wildman–Crippen MR) is 85.8 cm³/mol. The molecule has 1 aromatic carbocycles. The number of nitrogens with two attached hydrogens (primary N) is 1. The second kappa shape index (κ2) is 6.03. The number of aliphatic hydroxyl groups is 1. The molecule has 116 valence electrons. The summed E-state index contributed by atoms with van der Waals surface area (Å²) in [4.78, 5) is 16.1. The maximum absolute atomic E-state index is 11.6. The number of benzene rings is 1. The largest absolute Gasteiger partial charge is 0.398 e. The Labute approximate surface area is 126 Å². The van der Waals surface area contributed by atoms with Crippen molar-refractivity contribution in [3.05, 3.63) is 23.8 Å². The summed E-state index contributed by atoms with van der Waals surface area (Å²) in [5, 5.41) is 9.87. The minimum Gasteiger partial charge on any atom is -0.398 e. The third-order valence-electron chi connectivity index (χ3n) is 3.76. The molecule has 1 aromatic rings. The van der Waals surface area contributed by atoms with E-state index in [1.807, 2.05) is 26.0 Å². The van der Waals surface area contributed by atoms with E-state index < -0.39 is 5.60 Å². The summed E-state index contributed by atoms with van der Waals surface area (Å²) in [5.74, 6) is -0.00461. The predicted octanol–water partition coefficient (Wildman–Crippen LogP) is 1.36. The van der Waals surface area contributed by atoms with Gasteiger partial charge in [0.25, 0.3) is 0 Å². The minimum atomic E-state index is -0.662. The number of nitrogens with zero attached hydrogens (tertiary/aromatic N) is 2. The molecular formula is C16H25N3O2. The third kappa shape index (κ3) is 4.19. The van der Waals surface area contributed by atoms with Gasteiger partial charge in [-0.2, -0.15) is 0 Å². The van der Waals surface area contributed by atoms with Crippen molar-refractivity contribution in [2.24, 2.45) is 0 Å². The molecule has 5 heteroatoms. The van der Waals surface area contributed by atoms with Gasteiger partial charge in [-0.3, -0.25) is 9.69 Å². The molecule has 1 aliphatic heterocycles. The molecule has 21 heavy (non-hydrogen) atoms. The second-order valence-electron chi connectivity index (χ2n) is 6.40. The summed E-state index contributed by atoms with van der Waals surface area (Å²) in [6.45, 7) is 9.47. The van der Waals surface area contributed by atoms with Crippen LogP contribution in [0.2, 0.25) is 0 Å². The Hall–Kier alpha value is -1.59. The monoisotopic (exact) mass is 291 g/mol. The van der Waals surface area contributed by atoms with Crippen molar-refractivity contribution >= 4 is 17.2 Å².